The van der Waals surface area contributed by atoms with E-state index in [0.717, 1.165) is 0 Å². The third-order valence-corrected chi connectivity index (χ3v) is 2.24. The zero-order valence-electron chi connectivity index (χ0n) is 5.09. The van der Waals surface area contributed by atoms with Crippen molar-refractivity contribution >= 4 is 17.3 Å². The number of nitrogens with one attached hydrogen (secondary N) is 1. The summed E-state index contributed by atoms with van der Waals surface area (Å²) in [7, 11) is 0. The van der Waals surface area contributed by atoms with Crippen molar-refractivity contribution < 1.29 is 0 Å². The molecule has 1 atom stereocenters. The molecular weight excluding hydrogens is 120 g/mol. The number of hydrogen-bond acceptors (Lipinski definition) is 3. The maximum atomic E-state index is 3.87. The normalized spacial score (nSPS) is 26.6. The number of hydrazone groups is 1. The van der Waals surface area contributed by atoms with Crippen LogP contribution in [0.25, 0.3) is 0 Å². The summed E-state index contributed by atoms with van der Waals surface area (Å²) in [5.41, 5.74) is 4.84. The van der Waals surface area contributed by atoms with E-state index in [1.807, 2.05) is 5.55 Å². The smallest absolute Gasteiger partial charge is 0.0970 e. The molecule has 46 valence electrons. The van der Waals surface area contributed by atoms with Crippen LogP contribution in [-0.2, 0) is 0 Å². The summed E-state index contributed by atoms with van der Waals surface area (Å²) in [6, 6.07) is 0. The lowest BCUT2D eigenvalue weighted by atomic mass is 10.2. The van der Waals surface area contributed by atoms with Gasteiger partial charge in [0.05, 0.1) is 10.9 Å². The Kier molecular flexibility index (Phi) is 1.78. The highest BCUT2D eigenvalue weighted by Gasteiger charge is 2.14. The van der Waals surface area contributed by atoms with Gasteiger partial charge in [0.1, 0.15) is 0 Å². The monoisotopic (exact) mass is 130 g/mol. The lowest BCUT2D eigenvalue weighted by molar-refractivity contribution is 0.538. The Morgan fingerprint density at radius 2 is 2.50 bits per heavy atom. The maximum Gasteiger partial charge on any atom is 0.0970 e. The molecule has 1 heterocycles. The lowest BCUT2D eigenvalue weighted by Gasteiger charge is -2.10. The minimum Gasteiger partial charge on any atom is -0.296 e. The molecule has 0 aromatic carbocycles. The zero-order chi connectivity index (χ0) is 5.98. The van der Waals surface area contributed by atoms with Crippen LogP contribution in [0.1, 0.15) is 13.8 Å². The quantitative estimate of drug-likeness (QED) is 0.577. The van der Waals surface area contributed by atoms with Crippen molar-refractivity contribution in [1.82, 2.24) is 5.43 Å². The minimum atomic E-state index is 0.509. The first-order chi connectivity index (χ1) is 3.80. The second kappa shape index (κ2) is 2.40. The van der Waals surface area contributed by atoms with Gasteiger partial charge in [-0.15, -0.1) is 0 Å². The first kappa shape index (κ1) is 5.95. The summed E-state index contributed by atoms with van der Waals surface area (Å²) < 4.78 is 0. The van der Waals surface area contributed by atoms with E-state index in [9.17, 15) is 0 Å². The van der Waals surface area contributed by atoms with Crippen molar-refractivity contribution in [3.63, 3.8) is 0 Å². The van der Waals surface area contributed by atoms with Gasteiger partial charge in [0.15, 0.2) is 0 Å². The molecule has 0 saturated heterocycles. The molecule has 0 bridgehead atoms. The number of hydrogen-bond donors (Lipinski definition) is 1. The van der Waals surface area contributed by atoms with E-state index in [1.54, 1.807) is 11.8 Å². The van der Waals surface area contributed by atoms with E-state index in [2.05, 4.69) is 24.4 Å². The van der Waals surface area contributed by atoms with Crippen molar-refractivity contribution in [2.24, 2.45) is 11.0 Å². The Labute approximate surface area is 53.7 Å². The fourth-order valence-corrected chi connectivity index (χ4v) is 1.23. The molecule has 3 heteroatoms. The fraction of sp³-hybridized carbons (Fsp3) is 0.800. The SMILES string of the molecule is CC(C)C1NN=CS1. The van der Waals surface area contributed by atoms with Gasteiger partial charge in [0.2, 0.25) is 0 Å². The molecule has 1 unspecified atom stereocenters. The molecule has 0 aromatic heterocycles. The first-order valence-corrected chi connectivity index (χ1v) is 3.67. The summed E-state index contributed by atoms with van der Waals surface area (Å²) in [6.07, 6.45) is 0. The Balaban J connectivity index is 2.29. The molecule has 0 spiro atoms. The first-order valence-electron chi connectivity index (χ1n) is 2.73. The van der Waals surface area contributed by atoms with Crippen molar-refractivity contribution in [2.45, 2.75) is 19.2 Å². The molecule has 0 saturated carbocycles. The molecule has 0 fully saturated rings. The Morgan fingerprint density at radius 3 is 2.75 bits per heavy atom. The van der Waals surface area contributed by atoms with Gasteiger partial charge in [-0.2, -0.15) is 5.10 Å². The van der Waals surface area contributed by atoms with Crippen molar-refractivity contribution in [3.05, 3.63) is 0 Å². The standard InChI is InChI=1S/C5H10N2S/c1-4(2)5-7-6-3-8-5/h3-5,7H,1-2H3. The van der Waals surface area contributed by atoms with Crippen LogP contribution in [-0.4, -0.2) is 10.9 Å². The van der Waals surface area contributed by atoms with Crippen molar-refractivity contribution in [2.75, 3.05) is 0 Å². The van der Waals surface area contributed by atoms with E-state index < -0.39 is 0 Å². The summed E-state index contributed by atoms with van der Waals surface area (Å²) >= 11 is 1.75. The van der Waals surface area contributed by atoms with Gasteiger partial charge >= 0.3 is 0 Å². The van der Waals surface area contributed by atoms with Crippen molar-refractivity contribution in [1.29, 1.82) is 0 Å². The van der Waals surface area contributed by atoms with Gasteiger partial charge in [0.25, 0.3) is 0 Å². The minimum absolute atomic E-state index is 0.509. The van der Waals surface area contributed by atoms with Gasteiger partial charge in [0, 0.05) is 0 Å². The van der Waals surface area contributed by atoms with Crippen LogP contribution < -0.4 is 5.43 Å². The van der Waals surface area contributed by atoms with E-state index >= 15 is 0 Å². The predicted molar refractivity (Wildman–Crippen MR) is 37.8 cm³/mol. The average molecular weight is 130 g/mol. The second-order valence-electron chi connectivity index (χ2n) is 2.16. The molecule has 2 nitrogen and oxygen atoms in total. The van der Waals surface area contributed by atoms with Crippen LogP contribution in [0.3, 0.4) is 0 Å². The topological polar surface area (TPSA) is 24.4 Å². The van der Waals surface area contributed by atoms with E-state index in [4.69, 9.17) is 0 Å². The fourth-order valence-electron chi connectivity index (χ4n) is 0.537. The second-order valence-corrected chi connectivity index (χ2v) is 3.16. The van der Waals surface area contributed by atoms with E-state index in [0.29, 0.717) is 11.3 Å². The Hall–Kier alpha value is -0.180. The van der Waals surface area contributed by atoms with Crippen LogP contribution in [0.4, 0.5) is 0 Å². The zero-order valence-corrected chi connectivity index (χ0v) is 5.90. The molecule has 0 amide bonds. The van der Waals surface area contributed by atoms with Gasteiger partial charge in [-0.3, -0.25) is 5.43 Å². The van der Waals surface area contributed by atoms with Crippen LogP contribution in [0.2, 0.25) is 0 Å². The molecular formula is C5H10N2S. The lowest BCUT2D eigenvalue weighted by Crippen LogP contribution is -2.21. The summed E-state index contributed by atoms with van der Waals surface area (Å²) in [5.74, 6) is 0.669. The largest absolute Gasteiger partial charge is 0.296 e. The molecule has 1 N–H and O–H groups in total. The average Bonchev–Trinajstić information content (AvgIpc) is 2.12. The third-order valence-electron chi connectivity index (χ3n) is 1.07. The Morgan fingerprint density at radius 1 is 1.75 bits per heavy atom. The molecule has 1 aliphatic heterocycles. The van der Waals surface area contributed by atoms with Crippen LogP contribution >= 0.6 is 11.8 Å². The molecule has 1 rings (SSSR count). The summed E-state index contributed by atoms with van der Waals surface area (Å²) in [5, 5.41) is 4.38. The van der Waals surface area contributed by atoms with Gasteiger partial charge < -0.3 is 0 Å². The van der Waals surface area contributed by atoms with E-state index in [-0.39, 0.29) is 0 Å². The van der Waals surface area contributed by atoms with Crippen LogP contribution in [0, 0.1) is 5.92 Å². The van der Waals surface area contributed by atoms with Crippen LogP contribution in [0.15, 0.2) is 5.10 Å². The number of thioether (sulfide) groups is 1. The molecule has 8 heavy (non-hydrogen) atoms. The maximum absolute atomic E-state index is 3.87. The highest BCUT2D eigenvalue weighted by atomic mass is 32.2. The predicted octanol–water partition coefficient (Wildman–Crippen LogP) is 1.25. The Bertz CT molecular complexity index is 92.6. The number of nitrogens with zero attached hydrogens (tertiary/aromatic N) is 1. The van der Waals surface area contributed by atoms with Gasteiger partial charge in [-0.1, -0.05) is 25.6 Å². The van der Waals surface area contributed by atoms with Crippen LogP contribution in [0.5, 0.6) is 0 Å². The molecule has 1 aliphatic rings. The highest BCUT2D eigenvalue weighted by Crippen LogP contribution is 2.17. The van der Waals surface area contributed by atoms with Crippen molar-refractivity contribution in [3.8, 4) is 0 Å². The molecule has 0 aromatic rings. The van der Waals surface area contributed by atoms with E-state index in [1.165, 1.54) is 0 Å². The molecule has 0 aliphatic carbocycles. The third kappa shape index (κ3) is 1.15. The molecule has 0 radical (unpaired) electrons. The highest BCUT2D eigenvalue weighted by molar-refractivity contribution is 8.12. The summed E-state index contributed by atoms with van der Waals surface area (Å²) in [6.45, 7) is 4.36. The number of rotatable bonds is 1. The van der Waals surface area contributed by atoms with Gasteiger partial charge in [-0.25, -0.2) is 0 Å². The van der Waals surface area contributed by atoms with Gasteiger partial charge in [-0.05, 0) is 5.92 Å². The summed E-state index contributed by atoms with van der Waals surface area (Å²) in [4.78, 5) is 0.